The molecule has 3 aromatic rings. The Labute approximate surface area is 162 Å². The van der Waals surface area contributed by atoms with E-state index < -0.39 is 0 Å². The Balaban J connectivity index is 1.68. The topological polar surface area (TPSA) is 71.1 Å². The number of hydrogen-bond acceptors (Lipinski definition) is 4. The number of carbonyl (C=O) groups is 2. The summed E-state index contributed by atoms with van der Waals surface area (Å²) in [7, 11) is 0. The Morgan fingerprint density at radius 1 is 1.07 bits per heavy atom. The van der Waals surface area contributed by atoms with Gasteiger partial charge >= 0.3 is 0 Å². The van der Waals surface area contributed by atoms with E-state index in [0.29, 0.717) is 5.13 Å². The molecule has 1 heterocycles. The summed E-state index contributed by atoms with van der Waals surface area (Å²) in [5.74, 6) is -0.364. The maximum atomic E-state index is 12.5. The van der Waals surface area contributed by atoms with Crippen molar-refractivity contribution in [3.05, 3.63) is 71.1 Å². The number of nitrogens with one attached hydrogen (secondary N) is 2. The Kier molecular flexibility index (Phi) is 5.98. The molecule has 0 saturated heterocycles. The van der Waals surface area contributed by atoms with Gasteiger partial charge in [0.2, 0.25) is 11.8 Å². The highest BCUT2D eigenvalue weighted by atomic mass is 32.1. The number of amides is 2. The van der Waals surface area contributed by atoms with Crippen LogP contribution < -0.4 is 10.6 Å². The Morgan fingerprint density at radius 3 is 2.44 bits per heavy atom. The van der Waals surface area contributed by atoms with Crippen LogP contribution in [0.25, 0.3) is 11.3 Å². The van der Waals surface area contributed by atoms with Gasteiger partial charge in [-0.25, -0.2) is 4.98 Å². The fourth-order valence-corrected chi connectivity index (χ4v) is 3.46. The van der Waals surface area contributed by atoms with Crippen LogP contribution in [0.4, 0.5) is 5.13 Å². The van der Waals surface area contributed by atoms with Crippen LogP contribution in [0.5, 0.6) is 0 Å². The summed E-state index contributed by atoms with van der Waals surface area (Å²) in [6.45, 7) is 3.45. The third-order valence-electron chi connectivity index (χ3n) is 4.07. The van der Waals surface area contributed by atoms with Crippen molar-refractivity contribution in [1.29, 1.82) is 0 Å². The van der Waals surface area contributed by atoms with E-state index in [-0.39, 0.29) is 24.3 Å². The standard InChI is InChI=1S/C21H21N3O2S/c1-14-8-10-17(11-9-14)18(22-15(2)25)12-20(26)24-21-23-19(13-27-21)16-6-4-3-5-7-16/h3-11,13,18H,12H2,1-2H3,(H,22,25)(H,23,24,26)/t18-/m1/s1. The zero-order chi connectivity index (χ0) is 19.2. The predicted octanol–water partition coefficient (Wildman–Crippen LogP) is 4.32. The number of thiazole rings is 1. The first-order chi connectivity index (χ1) is 13.0. The minimum atomic E-state index is -0.378. The van der Waals surface area contributed by atoms with Gasteiger partial charge in [-0.05, 0) is 12.5 Å². The first-order valence-corrected chi connectivity index (χ1v) is 9.53. The van der Waals surface area contributed by atoms with Crippen molar-refractivity contribution in [1.82, 2.24) is 10.3 Å². The molecule has 0 spiro atoms. The van der Waals surface area contributed by atoms with E-state index in [1.165, 1.54) is 18.3 Å². The second-order valence-corrected chi connectivity index (χ2v) is 7.18. The highest BCUT2D eigenvalue weighted by molar-refractivity contribution is 7.14. The van der Waals surface area contributed by atoms with E-state index in [2.05, 4.69) is 15.6 Å². The van der Waals surface area contributed by atoms with Gasteiger partial charge in [0.1, 0.15) is 0 Å². The summed E-state index contributed by atoms with van der Waals surface area (Å²) >= 11 is 1.38. The van der Waals surface area contributed by atoms with Crippen LogP contribution in [0.1, 0.15) is 30.5 Å². The van der Waals surface area contributed by atoms with Crippen molar-refractivity contribution in [3.63, 3.8) is 0 Å². The minimum absolute atomic E-state index is 0.142. The third kappa shape index (κ3) is 5.24. The second kappa shape index (κ2) is 8.60. The van der Waals surface area contributed by atoms with Crippen LogP contribution in [-0.2, 0) is 9.59 Å². The maximum Gasteiger partial charge on any atom is 0.228 e. The summed E-state index contributed by atoms with van der Waals surface area (Å²) in [6, 6.07) is 17.2. The molecule has 5 nitrogen and oxygen atoms in total. The summed E-state index contributed by atoms with van der Waals surface area (Å²) in [5, 5.41) is 8.14. The number of carbonyl (C=O) groups excluding carboxylic acids is 2. The highest BCUT2D eigenvalue weighted by Crippen LogP contribution is 2.25. The van der Waals surface area contributed by atoms with E-state index in [1.807, 2.05) is 66.9 Å². The first-order valence-electron chi connectivity index (χ1n) is 8.66. The van der Waals surface area contributed by atoms with Gasteiger partial charge in [-0.3, -0.25) is 9.59 Å². The molecule has 2 amide bonds. The zero-order valence-electron chi connectivity index (χ0n) is 15.2. The van der Waals surface area contributed by atoms with Crippen molar-refractivity contribution < 1.29 is 9.59 Å². The van der Waals surface area contributed by atoms with Gasteiger partial charge in [0, 0.05) is 17.9 Å². The van der Waals surface area contributed by atoms with E-state index in [9.17, 15) is 9.59 Å². The predicted molar refractivity (Wildman–Crippen MR) is 109 cm³/mol. The number of benzene rings is 2. The van der Waals surface area contributed by atoms with Crippen LogP contribution in [0.2, 0.25) is 0 Å². The molecule has 0 bridgehead atoms. The lowest BCUT2D eigenvalue weighted by Gasteiger charge is -2.18. The summed E-state index contributed by atoms with van der Waals surface area (Å²) in [4.78, 5) is 28.5. The van der Waals surface area contributed by atoms with E-state index in [4.69, 9.17) is 0 Å². The van der Waals surface area contributed by atoms with Crippen molar-refractivity contribution in [2.24, 2.45) is 0 Å². The Morgan fingerprint density at radius 2 is 1.78 bits per heavy atom. The number of rotatable bonds is 6. The lowest BCUT2D eigenvalue weighted by atomic mass is 10.0. The van der Waals surface area contributed by atoms with E-state index in [0.717, 1.165) is 22.4 Å². The average molecular weight is 379 g/mol. The molecule has 3 rings (SSSR count). The van der Waals surface area contributed by atoms with Gasteiger partial charge in [-0.2, -0.15) is 0 Å². The monoisotopic (exact) mass is 379 g/mol. The van der Waals surface area contributed by atoms with Crippen LogP contribution >= 0.6 is 11.3 Å². The second-order valence-electron chi connectivity index (χ2n) is 6.32. The lowest BCUT2D eigenvalue weighted by Crippen LogP contribution is -2.29. The molecule has 27 heavy (non-hydrogen) atoms. The molecule has 0 unspecified atom stereocenters. The molecule has 0 radical (unpaired) electrons. The highest BCUT2D eigenvalue weighted by Gasteiger charge is 2.18. The van der Waals surface area contributed by atoms with Crippen molar-refractivity contribution >= 4 is 28.3 Å². The molecule has 2 N–H and O–H groups in total. The quantitative estimate of drug-likeness (QED) is 0.670. The molecular formula is C21H21N3O2S. The van der Waals surface area contributed by atoms with Crippen molar-refractivity contribution in [3.8, 4) is 11.3 Å². The van der Waals surface area contributed by atoms with Crippen LogP contribution in [0.3, 0.4) is 0 Å². The van der Waals surface area contributed by atoms with Crippen LogP contribution in [0.15, 0.2) is 60.0 Å². The van der Waals surface area contributed by atoms with Gasteiger partial charge in [0.15, 0.2) is 5.13 Å². The number of aromatic nitrogens is 1. The number of hydrogen-bond donors (Lipinski definition) is 2. The molecule has 0 fully saturated rings. The molecule has 138 valence electrons. The van der Waals surface area contributed by atoms with Gasteiger partial charge < -0.3 is 10.6 Å². The number of aryl methyl sites for hydroxylation is 1. The smallest absolute Gasteiger partial charge is 0.228 e. The molecule has 1 aromatic heterocycles. The van der Waals surface area contributed by atoms with Crippen molar-refractivity contribution in [2.75, 3.05) is 5.32 Å². The zero-order valence-corrected chi connectivity index (χ0v) is 16.0. The van der Waals surface area contributed by atoms with Gasteiger partial charge in [-0.15, -0.1) is 11.3 Å². The summed E-state index contributed by atoms with van der Waals surface area (Å²) in [5.41, 5.74) is 3.86. The van der Waals surface area contributed by atoms with Crippen molar-refractivity contribution in [2.45, 2.75) is 26.3 Å². The molecule has 1 atom stereocenters. The fourth-order valence-electron chi connectivity index (χ4n) is 2.72. The SMILES string of the molecule is CC(=O)N[C@H](CC(=O)Nc1nc(-c2ccccc2)cs1)c1ccc(C)cc1. The molecule has 0 aliphatic heterocycles. The molecular weight excluding hydrogens is 358 g/mol. The normalized spacial score (nSPS) is 11.6. The lowest BCUT2D eigenvalue weighted by molar-refractivity contribution is -0.120. The molecule has 2 aromatic carbocycles. The van der Waals surface area contributed by atoms with Gasteiger partial charge in [0.25, 0.3) is 0 Å². The molecule has 6 heteroatoms. The number of nitrogens with zero attached hydrogens (tertiary/aromatic N) is 1. The third-order valence-corrected chi connectivity index (χ3v) is 4.82. The van der Waals surface area contributed by atoms with Gasteiger partial charge in [-0.1, -0.05) is 60.2 Å². The fraction of sp³-hybridized carbons (Fsp3) is 0.190. The summed E-state index contributed by atoms with van der Waals surface area (Å²) in [6.07, 6.45) is 0.142. The van der Waals surface area contributed by atoms with Gasteiger partial charge in [0.05, 0.1) is 18.2 Å². The summed E-state index contributed by atoms with van der Waals surface area (Å²) < 4.78 is 0. The number of anilines is 1. The molecule has 0 aliphatic carbocycles. The van der Waals surface area contributed by atoms with Crippen LogP contribution in [0, 0.1) is 6.92 Å². The van der Waals surface area contributed by atoms with E-state index >= 15 is 0 Å². The molecule has 0 saturated carbocycles. The molecule has 0 aliphatic rings. The Bertz CT molecular complexity index is 920. The maximum absolute atomic E-state index is 12.5. The van der Waals surface area contributed by atoms with Crippen LogP contribution in [-0.4, -0.2) is 16.8 Å². The van der Waals surface area contributed by atoms with E-state index in [1.54, 1.807) is 0 Å². The Hall–Kier alpha value is -2.99. The minimum Gasteiger partial charge on any atom is -0.349 e. The first kappa shape index (κ1) is 18.8. The average Bonchev–Trinajstić information content (AvgIpc) is 3.10. The largest absolute Gasteiger partial charge is 0.349 e.